The molecule has 5 nitrogen and oxygen atoms in total. The molecular formula is C14H12F3N3O2. The summed E-state index contributed by atoms with van der Waals surface area (Å²) in [5.41, 5.74) is 1.34. The van der Waals surface area contributed by atoms with Crippen LogP contribution in [0.3, 0.4) is 0 Å². The fourth-order valence-corrected chi connectivity index (χ4v) is 2.57. The molecule has 0 saturated heterocycles. The van der Waals surface area contributed by atoms with E-state index in [9.17, 15) is 18.0 Å². The quantitative estimate of drug-likeness (QED) is 0.928. The minimum atomic E-state index is -4.75. The van der Waals surface area contributed by atoms with E-state index in [1.54, 1.807) is 19.3 Å². The molecule has 1 N–H and O–H groups in total. The smallest absolute Gasteiger partial charge is 0.406 e. The van der Waals surface area contributed by atoms with Crippen molar-refractivity contribution in [1.29, 1.82) is 0 Å². The van der Waals surface area contributed by atoms with E-state index >= 15 is 0 Å². The zero-order chi connectivity index (χ0) is 15.9. The van der Waals surface area contributed by atoms with Crippen LogP contribution in [0.25, 0.3) is 0 Å². The van der Waals surface area contributed by atoms with E-state index in [4.69, 9.17) is 0 Å². The Morgan fingerprint density at radius 1 is 1.41 bits per heavy atom. The number of benzene rings is 1. The van der Waals surface area contributed by atoms with Crippen LogP contribution in [0.1, 0.15) is 23.5 Å². The Morgan fingerprint density at radius 2 is 2.18 bits per heavy atom. The molecule has 1 unspecified atom stereocenters. The van der Waals surface area contributed by atoms with Crippen molar-refractivity contribution in [2.75, 3.05) is 5.32 Å². The van der Waals surface area contributed by atoms with Gasteiger partial charge in [0.05, 0.1) is 6.20 Å². The third kappa shape index (κ3) is 2.76. The predicted octanol–water partition coefficient (Wildman–Crippen LogP) is 2.79. The molecule has 116 valence electrons. The first-order valence-corrected chi connectivity index (χ1v) is 6.51. The van der Waals surface area contributed by atoms with Gasteiger partial charge in [-0.15, -0.1) is 13.2 Å². The zero-order valence-corrected chi connectivity index (χ0v) is 11.5. The summed E-state index contributed by atoms with van der Waals surface area (Å²) in [6.45, 7) is 0. The normalized spacial score (nSPS) is 17.8. The van der Waals surface area contributed by atoms with E-state index in [-0.39, 0.29) is 24.0 Å². The Morgan fingerprint density at radius 3 is 2.91 bits per heavy atom. The highest BCUT2D eigenvalue weighted by Crippen LogP contribution is 2.38. The zero-order valence-electron chi connectivity index (χ0n) is 11.5. The lowest BCUT2D eigenvalue weighted by molar-refractivity contribution is -0.274. The Hall–Kier alpha value is -2.51. The lowest BCUT2D eigenvalue weighted by Gasteiger charge is -2.23. The number of anilines is 1. The number of carbonyl (C=O) groups excluding carboxylic acids is 1. The fourth-order valence-electron chi connectivity index (χ4n) is 2.57. The highest BCUT2D eigenvalue weighted by atomic mass is 19.4. The first-order valence-electron chi connectivity index (χ1n) is 6.51. The Labute approximate surface area is 123 Å². The summed E-state index contributed by atoms with van der Waals surface area (Å²) < 4.78 is 42.4. The van der Waals surface area contributed by atoms with Gasteiger partial charge in [-0.25, -0.2) is 0 Å². The maximum atomic E-state index is 12.3. The molecule has 0 aliphatic carbocycles. The molecule has 2 heterocycles. The number of hydrogen-bond donors (Lipinski definition) is 1. The largest absolute Gasteiger partial charge is 0.573 e. The van der Waals surface area contributed by atoms with Gasteiger partial charge in [0.15, 0.2) is 0 Å². The number of nitrogens with one attached hydrogen (secondary N) is 1. The van der Waals surface area contributed by atoms with Crippen LogP contribution in [0.5, 0.6) is 5.75 Å². The third-order valence-electron chi connectivity index (χ3n) is 3.48. The summed E-state index contributed by atoms with van der Waals surface area (Å²) in [5.74, 6) is -0.303. The summed E-state index contributed by atoms with van der Waals surface area (Å²) >= 11 is 0. The van der Waals surface area contributed by atoms with Crippen LogP contribution in [0.2, 0.25) is 0 Å². The molecular weight excluding hydrogens is 299 g/mol. The number of nitrogens with zero attached hydrogens (tertiary/aromatic N) is 2. The van der Waals surface area contributed by atoms with Crippen molar-refractivity contribution < 1.29 is 22.7 Å². The number of alkyl halides is 3. The van der Waals surface area contributed by atoms with Crippen molar-refractivity contribution in [2.24, 2.45) is 7.05 Å². The maximum absolute atomic E-state index is 12.3. The molecule has 1 amide bonds. The molecule has 1 aliphatic heterocycles. The number of ether oxygens (including phenoxy) is 1. The van der Waals surface area contributed by atoms with Gasteiger partial charge in [0, 0.05) is 24.9 Å². The van der Waals surface area contributed by atoms with Crippen LogP contribution in [0.15, 0.2) is 30.5 Å². The standard InChI is InChI=1S/C14H12F3N3O2/c1-20-13-11(7-18-20)10(6-12(21)19-13)8-3-2-4-9(5-8)22-14(15,16)17/h2-5,7,10H,6H2,1H3,(H,19,21). The summed E-state index contributed by atoms with van der Waals surface area (Å²) in [4.78, 5) is 11.8. The molecule has 0 fully saturated rings. The number of aryl methyl sites for hydroxylation is 1. The van der Waals surface area contributed by atoms with Crippen LogP contribution >= 0.6 is 0 Å². The second-order valence-electron chi connectivity index (χ2n) is 5.00. The van der Waals surface area contributed by atoms with Crippen molar-refractivity contribution in [3.63, 3.8) is 0 Å². The monoisotopic (exact) mass is 311 g/mol. The van der Waals surface area contributed by atoms with Gasteiger partial charge in [-0.2, -0.15) is 5.10 Å². The van der Waals surface area contributed by atoms with Crippen molar-refractivity contribution >= 4 is 11.7 Å². The molecule has 0 spiro atoms. The Kier molecular flexibility index (Phi) is 3.31. The van der Waals surface area contributed by atoms with E-state index in [1.807, 2.05) is 0 Å². The van der Waals surface area contributed by atoms with Gasteiger partial charge < -0.3 is 10.1 Å². The summed E-state index contributed by atoms with van der Waals surface area (Å²) in [6.07, 6.45) is -2.99. The predicted molar refractivity (Wildman–Crippen MR) is 71.4 cm³/mol. The molecule has 2 aromatic rings. The van der Waals surface area contributed by atoms with Crippen LogP contribution in [0, 0.1) is 0 Å². The minimum Gasteiger partial charge on any atom is -0.406 e. The van der Waals surface area contributed by atoms with E-state index in [2.05, 4.69) is 15.2 Å². The molecule has 0 saturated carbocycles. The molecule has 1 aromatic heterocycles. The van der Waals surface area contributed by atoms with Crippen molar-refractivity contribution in [1.82, 2.24) is 9.78 Å². The number of halogens is 3. The van der Waals surface area contributed by atoms with E-state index in [1.165, 1.54) is 22.9 Å². The lowest BCUT2D eigenvalue weighted by Crippen LogP contribution is -2.24. The van der Waals surface area contributed by atoms with E-state index < -0.39 is 6.36 Å². The van der Waals surface area contributed by atoms with Crippen LogP contribution in [0.4, 0.5) is 19.0 Å². The van der Waals surface area contributed by atoms with Gasteiger partial charge in [0.25, 0.3) is 0 Å². The van der Waals surface area contributed by atoms with Gasteiger partial charge in [0.2, 0.25) is 5.91 Å². The van der Waals surface area contributed by atoms with Gasteiger partial charge in [-0.05, 0) is 17.7 Å². The number of aromatic nitrogens is 2. The summed E-state index contributed by atoms with van der Waals surface area (Å²) in [7, 11) is 1.69. The molecule has 0 bridgehead atoms. The number of fused-ring (bicyclic) bond motifs is 1. The second kappa shape index (κ2) is 5.04. The number of hydrogen-bond acceptors (Lipinski definition) is 3. The SMILES string of the molecule is Cn1ncc2c1NC(=O)CC2c1cccc(OC(F)(F)F)c1. The van der Waals surface area contributed by atoms with E-state index in [0.29, 0.717) is 11.4 Å². The molecule has 1 aliphatic rings. The van der Waals surface area contributed by atoms with Gasteiger partial charge in [-0.1, -0.05) is 12.1 Å². The maximum Gasteiger partial charge on any atom is 0.573 e. The molecule has 0 radical (unpaired) electrons. The average Bonchev–Trinajstić information content (AvgIpc) is 2.78. The molecule has 3 rings (SSSR count). The molecule has 1 atom stereocenters. The fraction of sp³-hybridized carbons (Fsp3) is 0.286. The Bertz CT molecular complexity index is 724. The second-order valence-corrected chi connectivity index (χ2v) is 5.00. The Balaban J connectivity index is 1.98. The van der Waals surface area contributed by atoms with Crippen molar-refractivity contribution in [3.05, 3.63) is 41.6 Å². The first kappa shape index (κ1) is 14.4. The van der Waals surface area contributed by atoms with Gasteiger partial charge in [0.1, 0.15) is 11.6 Å². The number of carbonyl (C=O) groups is 1. The van der Waals surface area contributed by atoms with Crippen molar-refractivity contribution in [2.45, 2.75) is 18.7 Å². The summed E-state index contributed by atoms with van der Waals surface area (Å²) in [5, 5.41) is 6.79. The highest BCUT2D eigenvalue weighted by Gasteiger charge is 2.32. The third-order valence-corrected chi connectivity index (χ3v) is 3.48. The van der Waals surface area contributed by atoms with E-state index in [0.717, 1.165) is 5.56 Å². The molecule has 1 aromatic carbocycles. The van der Waals surface area contributed by atoms with Gasteiger partial charge in [-0.3, -0.25) is 9.48 Å². The molecule has 22 heavy (non-hydrogen) atoms. The summed E-state index contributed by atoms with van der Waals surface area (Å²) in [6, 6.07) is 5.67. The highest BCUT2D eigenvalue weighted by molar-refractivity contribution is 5.94. The average molecular weight is 311 g/mol. The lowest BCUT2D eigenvalue weighted by atomic mass is 9.87. The number of rotatable bonds is 2. The first-order chi connectivity index (χ1) is 10.3. The van der Waals surface area contributed by atoms with Crippen molar-refractivity contribution in [3.8, 4) is 5.75 Å². The van der Waals surface area contributed by atoms with Crippen LogP contribution < -0.4 is 10.1 Å². The minimum absolute atomic E-state index is 0.147. The topological polar surface area (TPSA) is 56.2 Å². The number of amides is 1. The van der Waals surface area contributed by atoms with Crippen LogP contribution in [-0.4, -0.2) is 22.1 Å². The van der Waals surface area contributed by atoms with Gasteiger partial charge >= 0.3 is 6.36 Å². The van der Waals surface area contributed by atoms with Crippen LogP contribution in [-0.2, 0) is 11.8 Å². The molecule has 8 heteroatoms.